The minimum atomic E-state index is -0.253. The first-order valence-electron chi connectivity index (χ1n) is 6.77. The molecule has 0 amide bonds. The highest BCUT2D eigenvalue weighted by Gasteiger charge is 2.40. The molecule has 3 unspecified atom stereocenters. The number of Topliss-reactive ketones (excluding diaryl/α,β-unsaturated/α-hetero) is 1. The number of carbonyl (C=O) groups is 2. The lowest BCUT2D eigenvalue weighted by Crippen LogP contribution is -2.24. The second-order valence-electron chi connectivity index (χ2n) is 5.43. The van der Waals surface area contributed by atoms with E-state index in [1.807, 2.05) is 0 Å². The Labute approximate surface area is 122 Å². The summed E-state index contributed by atoms with van der Waals surface area (Å²) in [6, 6.07) is 6.66. The quantitative estimate of drug-likeness (QED) is 0.485. The van der Waals surface area contributed by atoms with Gasteiger partial charge in [0.1, 0.15) is 0 Å². The van der Waals surface area contributed by atoms with Gasteiger partial charge in [0.05, 0.1) is 5.92 Å². The van der Waals surface area contributed by atoms with Gasteiger partial charge in [0.2, 0.25) is 0 Å². The van der Waals surface area contributed by atoms with E-state index in [9.17, 15) is 9.59 Å². The molecule has 1 saturated carbocycles. The van der Waals surface area contributed by atoms with E-state index in [4.69, 9.17) is 16.3 Å². The summed E-state index contributed by atoms with van der Waals surface area (Å²) in [4.78, 5) is 23.9. The molecule has 0 heterocycles. The summed E-state index contributed by atoms with van der Waals surface area (Å²) in [5, 5.41) is 0.500. The monoisotopic (exact) mass is 290 g/mol. The van der Waals surface area contributed by atoms with Gasteiger partial charge in [-0.3, -0.25) is 9.59 Å². The molecule has 2 bridgehead atoms. The van der Waals surface area contributed by atoms with Gasteiger partial charge < -0.3 is 4.74 Å². The number of rotatable bonds is 4. The summed E-state index contributed by atoms with van der Waals surface area (Å²) in [6.45, 7) is -0.212. The van der Waals surface area contributed by atoms with Gasteiger partial charge in [0, 0.05) is 10.6 Å². The van der Waals surface area contributed by atoms with Crippen LogP contribution in [0.2, 0.25) is 5.02 Å². The largest absolute Gasteiger partial charge is 0.457 e. The highest BCUT2D eigenvalue weighted by atomic mass is 35.5. The number of allylic oxidation sites excluding steroid dienone is 2. The summed E-state index contributed by atoms with van der Waals surface area (Å²) < 4.78 is 5.17. The van der Waals surface area contributed by atoms with Crippen LogP contribution in [0.25, 0.3) is 0 Å². The number of carbonyl (C=O) groups excluding carboxylic acids is 2. The molecule has 3 atom stereocenters. The van der Waals surface area contributed by atoms with Crippen LogP contribution in [0.3, 0.4) is 0 Å². The molecule has 1 aromatic rings. The molecule has 4 heteroatoms. The van der Waals surface area contributed by atoms with Crippen molar-refractivity contribution in [1.29, 1.82) is 0 Å². The fourth-order valence-electron chi connectivity index (χ4n) is 3.04. The Hall–Kier alpha value is -1.61. The number of hydrogen-bond donors (Lipinski definition) is 0. The third-order valence-electron chi connectivity index (χ3n) is 4.07. The number of benzene rings is 1. The molecule has 3 nitrogen and oxygen atoms in total. The zero-order chi connectivity index (χ0) is 14.1. The predicted octanol–water partition coefficient (Wildman–Crippen LogP) is 3.28. The van der Waals surface area contributed by atoms with Gasteiger partial charge in [0.25, 0.3) is 0 Å². The minimum Gasteiger partial charge on any atom is -0.457 e. The zero-order valence-electron chi connectivity index (χ0n) is 10.9. The van der Waals surface area contributed by atoms with Gasteiger partial charge in [-0.15, -0.1) is 0 Å². The van der Waals surface area contributed by atoms with Crippen molar-refractivity contribution in [2.75, 3.05) is 6.61 Å². The number of ether oxygens (including phenoxy) is 1. The number of fused-ring (bicyclic) bond motifs is 2. The maximum atomic E-state index is 12.0. The number of halogens is 1. The van der Waals surface area contributed by atoms with E-state index >= 15 is 0 Å². The Balaban J connectivity index is 1.56. The van der Waals surface area contributed by atoms with Crippen molar-refractivity contribution in [3.05, 3.63) is 47.0 Å². The number of esters is 1. The Morgan fingerprint density at radius 1 is 1.25 bits per heavy atom. The van der Waals surface area contributed by atoms with E-state index in [1.165, 1.54) is 0 Å². The Morgan fingerprint density at radius 3 is 2.75 bits per heavy atom. The molecule has 104 valence electrons. The second kappa shape index (κ2) is 5.41. The first-order valence-corrected chi connectivity index (χ1v) is 7.15. The van der Waals surface area contributed by atoms with Gasteiger partial charge in [-0.1, -0.05) is 35.9 Å². The van der Waals surface area contributed by atoms with Gasteiger partial charge in [-0.25, -0.2) is 0 Å². The highest BCUT2D eigenvalue weighted by molar-refractivity contribution is 6.31. The van der Waals surface area contributed by atoms with E-state index in [-0.39, 0.29) is 24.3 Å². The molecule has 0 aromatic heterocycles. The van der Waals surface area contributed by atoms with Crippen molar-refractivity contribution in [2.24, 2.45) is 17.8 Å². The molecule has 1 aromatic carbocycles. The molecule has 1 fully saturated rings. The van der Waals surface area contributed by atoms with Crippen LogP contribution in [0, 0.1) is 17.8 Å². The van der Waals surface area contributed by atoms with Crippen LogP contribution in [0.5, 0.6) is 0 Å². The maximum absolute atomic E-state index is 12.0. The van der Waals surface area contributed by atoms with Gasteiger partial charge in [-0.05, 0) is 36.8 Å². The van der Waals surface area contributed by atoms with Crippen LogP contribution in [0.15, 0.2) is 36.4 Å². The summed E-state index contributed by atoms with van der Waals surface area (Å²) in [5.74, 6) is 0.267. The first-order chi connectivity index (χ1) is 9.63. The minimum absolute atomic E-state index is 0.0721. The molecule has 2 aliphatic carbocycles. The van der Waals surface area contributed by atoms with Crippen molar-refractivity contribution in [1.82, 2.24) is 0 Å². The molecule has 2 aliphatic rings. The van der Waals surface area contributed by atoms with Crippen LogP contribution >= 0.6 is 11.6 Å². The molecule has 0 spiro atoms. The number of hydrogen-bond acceptors (Lipinski definition) is 3. The molecule has 20 heavy (non-hydrogen) atoms. The van der Waals surface area contributed by atoms with Crippen molar-refractivity contribution in [2.45, 2.75) is 12.8 Å². The lowest BCUT2D eigenvalue weighted by atomic mass is 9.94. The average molecular weight is 291 g/mol. The molecule has 0 radical (unpaired) electrons. The molecule has 0 N–H and O–H groups in total. The van der Waals surface area contributed by atoms with Crippen molar-refractivity contribution in [3.8, 4) is 0 Å². The van der Waals surface area contributed by atoms with Crippen molar-refractivity contribution >= 4 is 23.4 Å². The Kier molecular flexibility index (Phi) is 3.62. The molecular weight excluding hydrogens is 276 g/mol. The zero-order valence-corrected chi connectivity index (χ0v) is 11.7. The van der Waals surface area contributed by atoms with Crippen LogP contribution < -0.4 is 0 Å². The fraction of sp³-hybridized carbons (Fsp3) is 0.375. The molecular formula is C16H15ClO3. The fourth-order valence-corrected chi connectivity index (χ4v) is 3.23. The van der Waals surface area contributed by atoms with Gasteiger partial charge >= 0.3 is 5.97 Å². The molecule has 0 saturated heterocycles. The van der Waals surface area contributed by atoms with E-state index in [1.54, 1.807) is 24.3 Å². The lowest BCUT2D eigenvalue weighted by Gasteiger charge is -2.16. The van der Waals surface area contributed by atoms with Crippen LogP contribution in [0.4, 0.5) is 0 Å². The van der Waals surface area contributed by atoms with E-state index in [0.717, 1.165) is 12.8 Å². The standard InChI is InChI=1S/C16H15ClO3/c17-13-3-1-2-12(8-13)15(18)9-20-16(19)14-7-10-4-5-11(14)6-10/h1-5,8,10-11,14H,6-7,9H2. The summed E-state index contributed by atoms with van der Waals surface area (Å²) in [7, 11) is 0. The third-order valence-corrected chi connectivity index (χ3v) is 4.31. The second-order valence-corrected chi connectivity index (χ2v) is 5.86. The first kappa shape index (κ1) is 13.4. The van der Waals surface area contributed by atoms with Crippen molar-refractivity contribution < 1.29 is 14.3 Å². The normalized spacial score (nSPS) is 26.8. The number of ketones is 1. The summed E-state index contributed by atoms with van der Waals surface area (Å²) in [5.41, 5.74) is 0.470. The van der Waals surface area contributed by atoms with Crippen LogP contribution in [0.1, 0.15) is 23.2 Å². The van der Waals surface area contributed by atoms with Crippen molar-refractivity contribution in [3.63, 3.8) is 0 Å². The van der Waals surface area contributed by atoms with Crippen LogP contribution in [-0.2, 0) is 9.53 Å². The van der Waals surface area contributed by atoms with Crippen LogP contribution in [-0.4, -0.2) is 18.4 Å². The van der Waals surface area contributed by atoms with Gasteiger partial charge in [0.15, 0.2) is 12.4 Å². The molecule has 3 rings (SSSR count). The maximum Gasteiger partial charge on any atom is 0.310 e. The summed E-state index contributed by atoms with van der Waals surface area (Å²) in [6.07, 6.45) is 6.16. The van der Waals surface area contributed by atoms with E-state index < -0.39 is 0 Å². The van der Waals surface area contributed by atoms with Gasteiger partial charge in [-0.2, -0.15) is 0 Å². The lowest BCUT2D eigenvalue weighted by molar-refractivity contribution is -0.148. The molecule has 0 aliphatic heterocycles. The third kappa shape index (κ3) is 2.63. The SMILES string of the molecule is O=C(COC(=O)C1CC2C=CC1C2)c1cccc(Cl)c1. The Morgan fingerprint density at radius 2 is 2.10 bits per heavy atom. The summed E-state index contributed by atoms with van der Waals surface area (Å²) >= 11 is 5.83. The average Bonchev–Trinajstić information content (AvgIpc) is 3.07. The van der Waals surface area contributed by atoms with E-state index in [0.29, 0.717) is 22.4 Å². The smallest absolute Gasteiger partial charge is 0.310 e. The van der Waals surface area contributed by atoms with E-state index in [2.05, 4.69) is 12.2 Å². The predicted molar refractivity (Wildman–Crippen MR) is 75.6 cm³/mol. The Bertz CT molecular complexity index is 579. The topological polar surface area (TPSA) is 43.4 Å². The highest BCUT2D eigenvalue weighted by Crippen LogP contribution is 2.43.